The Morgan fingerprint density at radius 2 is 1.89 bits per heavy atom. The summed E-state index contributed by atoms with van der Waals surface area (Å²) in [6, 6.07) is 0. The standard InChI is InChI=1S/C22H38O5/c1-4-5-14-22(2,3)20(25)13-12-17-16(18(23)15-19(17)24)10-8-6-7-9-11-21(26)27/h6,8,12-13,16-20,23-25H,4-5,7,9-11,14-15H2,1-3H3,(H,26,27)/b8-6-,13-12+/t16-,17-,18-,19-,20-/m1/s1. The van der Waals surface area contributed by atoms with Crippen LogP contribution in [0.5, 0.6) is 0 Å². The zero-order valence-corrected chi connectivity index (χ0v) is 17.1. The first-order valence-corrected chi connectivity index (χ1v) is 10.3. The summed E-state index contributed by atoms with van der Waals surface area (Å²) in [7, 11) is 0. The van der Waals surface area contributed by atoms with E-state index in [0.29, 0.717) is 25.7 Å². The second-order valence-electron chi connectivity index (χ2n) is 8.53. The Hall–Kier alpha value is -1.17. The summed E-state index contributed by atoms with van der Waals surface area (Å²) < 4.78 is 0. The Balaban J connectivity index is 2.62. The second-order valence-corrected chi connectivity index (χ2v) is 8.53. The number of hydrogen-bond acceptors (Lipinski definition) is 4. The van der Waals surface area contributed by atoms with E-state index in [1.165, 1.54) is 0 Å². The fourth-order valence-corrected chi connectivity index (χ4v) is 3.72. The van der Waals surface area contributed by atoms with Crippen LogP contribution in [0.15, 0.2) is 24.3 Å². The van der Waals surface area contributed by atoms with E-state index in [4.69, 9.17) is 5.11 Å². The molecular formula is C22H38O5. The average Bonchev–Trinajstić information content (AvgIpc) is 2.86. The largest absolute Gasteiger partial charge is 0.481 e. The first-order chi connectivity index (χ1) is 12.7. The van der Waals surface area contributed by atoms with Crippen LogP contribution in [-0.4, -0.2) is 44.7 Å². The van der Waals surface area contributed by atoms with E-state index in [-0.39, 0.29) is 23.7 Å². The van der Waals surface area contributed by atoms with Crippen molar-refractivity contribution in [2.75, 3.05) is 0 Å². The maximum atomic E-state index is 10.5. The van der Waals surface area contributed by atoms with Gasteiger partial charge >= 0.3 is 5.97 Å². The van der Waals surface area contributed by atoms with Gasteiger partial charge in [0.2, 0.25) is 0 Å². The molecule has 0 radical (unpaired) electrons. The number of aliphatic carboxylic acids is 1. The summed E-state index contributed by atoms with van der Waals surface area (Å²) in [4.78, 5) is 10.5. The van der Waals surface area contributed by atoms with Gasteiger partial charge in [0.15, 0.2) is 0 Å². The van der Waals surface area contributed by atoms with Gasteiger partial charge in [-0.25, -0.2) is 0 Å². The van der Waals surface area contributed by atoms with E-state index in [0.717, 1.165) is 19.3 Å². The zero-order valence-electron chi connectivity index (χ0n) is 17.1. The van der Waals surface area contributed by atoms with Gasteiger partial charge in [0.1, 0.15) is 0 Å². The Morgan fingerprint density at radius 3 is 2.52 bits per heavy atom. The first-order valence-electron chi connectivity index (χ1n) is 10.3. The third-order valence-electron chi connectivity index (χ3n) is 5.74. The van der Waals surface area contributed by atoms with Gasteiger partial charge < -0.3 is 20.4 Å². The lowest BCUT2D eigenvalue weighted by molar-refractivity contribution is -0.137. The van der Waals surface area contributed by atoms with Crippen molar-refractivity contribution in [3.63, 3.8) is 0 Å². The second kappa shape index (κ2) is 11.6. The molecule has 156 valence electrons. The number of carboxylic acid groups (broad SMARTS) is 1. The number of carbonyl (C=O) groups is 1. The molecule has 0 unspecified atom stereocenters. The molecule has 0 spiro atoms. The van der Waals surface area contributed by atoms with Crippen molar-refractivity contribution in [3.8, 4) is 0 Å². The van der Waals surface area contributed by atoms with Crippen LogP contribution >= 0.6 is 0 Å². The molecule has 1 aliphatic rings. The fraction of sp³-hybridized carbons (Fsp3) is 0.773. The van der Waals surface area contributed by atoms with Crippen LogP contribution < -0.4 is 0 Å². The van der Waals surface area contributed by atoms with E-state index in [9.17, 15) is 20.1 Å². The quantitative estimate of drug-likeness (QED) is 0.305. The zero-order chi connectivity index (χ0) is 20.4. The molecule has 1 rings (SSSR count). The molecule has 0 aromatic carbocycles. The molecule has 1 fully saturated rings. The van der Waals surface area contributed by atoms with Crippen LogP contribution in [0.3, 0.4) is 0 Å². The molecule has 0 heterocycles. The fourth-order valence-electron chi connectivity index (χ4n) is 3.72. The summed E-state index contributed by atoms with van der Waals surface area (Å²) in [5, 5.41) is 39.7. The number of hydrogen-bond donors (Lipinski definition) is 4. The molecule has 27 heavy (non-hydrogen) atoms. The smallest absolute Gasteiger partial charge is 0.303 e. The molecule has 0 amide bonds. The Morgan fingerprint density at radius 1 is 1.19 bits per heavy atom. The van der Waals surface area contributed by atoms with E-state index < -0.39 is 24.3 Å². The third kappa shape index (κ3) is 8.16. The van der Waals surface area contributed by atoms with Crippen LogP contribution in [-0.2, 0) is 4.79 Å². The lowest BCUT2D eigenvalue weighted by Gasteiger charge is -2.29. The van der Waals surface area contributed by atoms with E-state index in [1.54, 1.807) is 6.08 Å². The number of unbranched alkanes of at least 4 members (excludes halogenated alkanes) is 2. The Bertz CT molecular complexity index is 497. The van der Waals surface area contributed by atoms with Gasteiger partial charge in [-0.05, 0) is 37.0 Å². The summed E-state index contributed by atoms with van der Waals surface area (Å²) in [6.45, 7) is 6.23. The molecule has 4 N–H and O–H groups in total. The minimum absolute atomic E-state index is 0.0853. The maximum Gasteiger partial charge on any atom is 0.303 e. The average molecular weight is 383 g/mol. The minimum atomic E-state index is -0.789. The predicted octanol–water partition coefficient (Wildman–Crippen LogP) is 3.68. The SMILES string of the molecule is CCCCC(C)(C)[C@H](O)/C=C/[C@@H]1[C@@H](C/C=C\CCCC(=O)O)[C@H](O)C[C@H]1O. The van der Waals surface area contributed by atoms with Gasteiger partial charge in [0.25, 0.3) is 0 Å². The molecule has 5 atom stereocenters. The Labute approximate surface area is 163 Å². The van der Waals surface area contributed by atoms with E-state index >= 15 is 0 Å². The van der Waals surface area contributed by atoms with E-state index in [2.05, 4.69) is 20.8 Å². The molecule has 1 aliphatic carbocycles. The van der Waals surface area contributed by atoms with Crippen molar-refractivity contribution in [2.24, 2.45) is 17.3 Å². The van der Waals surface area contributed by atoms with Crippen LogP contribution in [0, 0.1) is 17.3 Å². The summed E-state index contributed by atoms with van der Waals surface area (Å²) in [5.74, 6) is -1.05. The normalized spacial score (nSPS) is 27.6. The molecule has 0 bridgehead atoms. The molecule has 0 aromatic heterocycles. The van der Waals surface area contributed by atoms with Crippen LogP contribution in [0.1, 0.15) is 72.1 Å². The highest BCUT2D eigenvalue weighted by Gasteiger charge is 2.39. The van der Waals surface area contributed by atoms with Crippen LogP contribution in [0.25, 0.3) is 0 Å². The molecule has 5 heteroatoms. The van der Waals surface area contributed by atoms with Crippen molar-refractivity contribution >= 4 is 5.97 Å². The number of aliphatic hydroxyl groups is 3. The summed E-state index contributed by atoms with van der Waals surface area (Å²) in [5.41, 5.74) is -0.214. The first kappa shape index (κ1) is 23.9. The van der Waals surface area contributed by atoms with Gasteiger partial charge in [0.05, 0.1) is 18.3 Å². The van der Waals surface area contributed by atoms with Crippen molar-refractivity contribution in [1.29, 1.82) is 0 Å². The van der Waals surface area contributed by atoms with Crippen molar-refractivity contribution in [1.82, 2.24) is 0 Å². The molecular weight excluding hydrogens is 344 g/mol. The monoisotopic (exact) mass is 382 g/mol. The van der Waals surface area contributed by atoms with Crippen molar-refractivity contribution < 1.29 is 25.2 Å². The number of aliphatic hydroxyl groups excluding tert-OH is 3. The maximum absolute atomic E-state index is 10.5. The van der Waals surface area contributed by atoms with Gasteiger partial charge in [-0.15, -0.1) is 0 Å². The number of allylic oxidation sites excluding steroid dienone is 2. The van der Waals surface area contributed by atoms with Gasteiger partial charge in [0, 0.05) is 18.8 Å². The highest BCUT2D eigenvalue weighted by molar-refractivity contribution is 5.66. The lowest BCUT2D eigenvalue weighted by Crippen LogP contribution is -2.28. The third-order valence-corrected chi connectivity index (χ3v) is 5.74. The molecule has 1 saturated carbocycles. The minimum Gasteiger partial charge on any atom is -0.481 e. The number of rotatable bonds is 12. The predicted molar refractivity (Wildman–Crippen MR) is 107 cm³/mol. The highest BCUT2D eigenvalue weighted by Crippen LogP contribution is 2.37. The highest BCUT2D eigenvalue weighted by atomic mass is 16.4. The van der Waals surface area contributed by atoms with Crippen molar-refractivity contribution in [2.45, 2.75) is 90.4 Å². The van der Waals surface area contributed by atoms with Gasteiger partial charge in [-0.1, -0.05) is 57.9 Å². The topological polar surface area (TPSA) is 98.0 Å². The summed E-state index contributed by atoms with van der Waals surface area (Å²) in [6.07, 6.45) is 11.4. The molecule has 0 saturated heterocycles. The molecule has 0 aliphatic heterocycles. The van der Waals surface area contributed by atoms with Crippen LogP contribution in [0.2, 0.25) is 0 Å². The van der Waals surface area contributed by atoms with Gasteiger partial charge in [-0.3, -0.25) is 4.79 Å². The molecule has 0 aromatic rings. The Kier molecular flexibility index (Phi) is 10.3. The summed E-state index contributed by atoms with van der Waals surface area (Å²) >= 11 is 0. The molecule has 5 nitrogen and oxygen atoms in total. The van der Waals surface area contributed by atoms with E-state index in [1.807, 2.05) is 18.2 Å². The lowest BCUT2D eigenvalue weighted by atomic mass is 9.80. The van der Waals surface area contributed by atoms with Crippen LogP contribution in [0.4, 0.5) is 0 Å². The van der Waals surface area contributed by atoms with Crippen molar-refractivity contribution in [3.05, 3.63) is 24.3 Å². The van der Waals surface area contributed by atoms with Gasteiger partial charge in [-0.2, -0.15) is 0 Å². The number of carboxylic acids is 1.